The van der Waals surface area contributed by atoms with Gasteiger partial charge in [-0.1, -0.05) is 29.8 Å². The molecule has 5 heteroatoms. The molecule has 4 rings (SSSR count). The van der Waals surface area contributed by atoms with Crippen LogP contribution in [0.2, 0.25) is 0 Å². The number of hydrogen-bond acceptors (Lipinski definition) is 2. The first-order valence-electron chi connectivity index (χ1n) is 9.04. The number of fused-ring (bicyclic) bond motifs is 2. The number of hydrogen-bond donors (Lipinski definition) is 1. The highest BCUT2D eigenvalue weighted by atomic mass is 16.4. The molecule has 1 N–H and O–H groups in total. The van der Waals surface area contributed by atoms with Crippen LogP contribution < -0.4 is 4.90 Å². The number of rotatable bonds is 1. The van der Waals surface area contributed by atoms with Crippen molar-refractivity contribution in [1.29, 1.82) is 0 Å². The molecule has 2 aromatic carbocycles. The predicted molar refractivity (Wildman–Crippen MR) is 99.8 cm³/mol. The number of aryl methyl sites for hydroxylation is 2. The Hall–Kier alpha value is -2.82. The van der Waals surface area contributed by atoms with E-state index in [1.165, 1.54) is 16.0 Å². The van der Waals surface area contributed by atoms with Crippen LogP contribution in [0.4, 0.5) is 10.5 Å². The van der Waals surface area contributed by atoms with Gasteiger partial charge in [-0.15, -0.1) is 0 Å². The van der Waals surface area contributed by atoms with Crippen LogP contribution >= 0.6 is 0 Å². The summed E-state index contributed by atoms with van der Waals surface area (Å²) in [5, 5.41) is 9.23. The average Bonchev–Trinajstić information content (AvgIpc) is 2.65. The van der Waals surface area contributed by atoms with Gasteiger partial charge in [-0.05, 0) is 55.0 Å². The van der Waals surface area contributed by atoms with E-state index >= 15 is 0 Å². The van der Waals surface area contributed by atoms with Gasteiger partial charge in [0.25, 0.3) is 5.91 Å². The Bertz CT molecular complexity index is 891. The summed E-state index contributed by atoms with van der Waals surface area (Å²) in [6, 6.07) is 11.9. The van der Waals surface area contributed by atoms with Gasteiger partial charge in [0, 0.05) is 30.9 Å². The van der Waals surface area contributed by atoms with Crippen molar-refractivity contribution in [2.45, 2.75) is 32.7 Å². The summed E-state index contributed by atoms with van der Waals surface area (Å²) < 4.78 is 0. The van der Waals surface area contributed by atoms with E-state index in [0.29, 0.717) is 25.1 Å². The Morgan fingerprint density at radius 1 is 1.04 bits per heavy atom. The maximum absolute atomic E-state index is 13.3. The van der Waals surface area contributed by atoms with Crippen molar-refractivity contribution in [3.8, 4) is 0 Å². The molecule has 0 bridgehead atoms. The van der Waals surface area contributed by atoms with Gasteiger partial charge in [-0.3, -0.25) is 4.79 Å². The van der Waals surface area contributed by atoms with E-state index in [1.807, 2.05) is 29.2 Å². The van der Waals surface area contributed by atoms with Gasteiger partial charge in [0.05, 0.1) is 0 Å². The summed E-state index contributed by atoms with van der Waals surface area (Å²) in [6.07, 6.45) is 1.64. The summed E-state index contributed by atoms with van der Waals surface area (Å²) in [5.41, 5.74) is 6.09. The fraction of sp³-hybridized carbons (Fsp3) is 0.333. The van der Waals surface area contributed by atoms with Crippen molar-refractivity contribution < 1.29 is 14.7 Å². The van der Waals surface area contributed by atoms with E-state index in [9.17, 15) is 14.7 Å². The zero-order valence-electron chi connectivity index (χ0n) is 14.9. The van der Waals surface area contributed by atoms with Crippen LogP contribution in [-0.2, 0) is 19.4 Å². The summed E-state index contributed by atoms with van der Waals surface area (Å²) in [7, 11) is 0. The molecule has 2 aliphatic heterocycles. The third-order valence-corrected chi connectivity index (χ3v) is 5.37. The quantitative estimate of drug-likeness (QED) is 0.854. The molecule has 0 atom stereocenters. The maximum atomic E-state index is 13.3. The lowest BCUT2D eigenvalue weighted by atomic mass is 9.92. The van der Waals surface area contributed by atoms with E-state index in [4.69, 9.17) is 0 Å². The van der Waals surface area contributed by atoms with Gasteiger partial charge in [0.15, 0.2) is 0 Å². The molecule has 0 unspecified atom stereocenters. The molecular formula is C21H22N2O3. The average molecular weight is 350 g/mol. The van der Waals surface area contributed by atoms with Crippen molar-refractivity contribution >= 4 is 17.7 Å². The number of carboxylic acid groups (broad SMARTS) is 1. The lowest BCUT2D eigenvalue weighted by Crippen LogP contribution is -2.38. The van der Waals surface area contributed by atoms with Crippen molar-refractivity contribution in [1.82, 2.24) is 4.90 Å². The minimum absolute atomic E-state index is 0.0235. The van der Waals surface area contributed by atoms with Gasteiger partial charge in [0.1, 0.15) is 0 Å². The number of nitrogens with zero attached hydrogens (tertiary/aromatic N) is 2. The van der Waals surface area contributed by atoms with E-state index < -0.39 is 6.09 Å². The van der Waals surface area contributed by atoms with Crippen LogP contribution in [0.1, 0.15) is 39.0 Å². The number of anilines is 1. The lowest BCUT2D eigenvalue weighted by Gasteiger charge is -2.32. The molecule has 0 radical (unpaired) electrons. The van der Waals surface area contributed by atoms with Crippen molar-refractivity contribution in [2.75, 3.05) is 18.0 Å². The van der Waals surface area contributed by atoms with Gasteiger partial charge in [-0.25, -0.2) is 4.79 Å². The standard InChI is InChI=1S/C21H22N2O3/c1-14-7-8-19-15(12-14)5-3-10-23(19)20(24)18-6-2-4-16-13-22(21(25)26)11-9-17(16)18/h2,4,6-8,12H,3,5,9-11,13H2,1H3,(H,25,26). The van der Waals surface area contributed by atoms with Crippen molar-refractivity contribution in [3.05, 3.63) is 64.2 Å². The highest BCUT2D eigenvalue weighted by molar-refractivity contribution is 6.08. The minimum atomic E-state index is -0.910. The van der Waals surface area contributed by atoms with Gasteiger partial charge in [0.2, 0.25) is 0 Å². The second kappa shape index (κ2) is 6.48. The zero-order chi connectivity index (χ0) is 18.3. The molecular weight excluding hydrogens is 328 g/mol. The van der Waals surface area contributed by atoms with Crippen LogP contribution in [0.15, 0.2) is 36.4 Å². The lowest BCUT2D eigenvalue weighted by molar-refractivity contribution is 0.0983. The molecule has 2 amide bonds. The molecule has 0 saturated carbocycles. The first kappa shape index (κ1) is 16.6. The summed E-state index contributed by atoms with van der Waals surface area (Å²) in [4.78, 5) is 27.9. The summed E-state index contributed by atoms with van der Waals surface area (Å²) >= 11 is 0. The molecule has 0 aliphatic carbocycles. The third kappa shape index (κ3) is 2.83. The molecule has 0 fully saturated rings. The third-order valence-electron chi connectivity index (χ3n) is 5.37. The van der Waals surface area contributed by atoms with Gasteiger partial charge < -0.3 is 14.9 Å². The van der Waals surface area contributed by atoms with Crippen LogP contribution in [-0.4, -0.2) is 35.1 Å². The highest BCUT2D eigenvalue weighted by Gasteiger charge is 2.28. The van der Waals surface area contributed by atoms with E-state index in [2.05, 4.69) is 19.1 Å². The molecule has 2 aliphatic rings. The largest absolute Gasteiger partial charge is 0.465 e. The van der Waals surface area contributed by atoms with Crippen LogP contribution in [0.25, 0.3) is 0 Å². The Labute approximate surface area is 152 Å². The first-order chi connectivity index (χ1) is 12.5. The Morgan fingerprint density at radius 2 is 1.88 bits per heavy atom. The number of carbonyl (C=O) groups is 2. The topological polar surface area (TPSA) is 60.9 Å². The van der Waals surface area contributed by atoms with Crippen LogP contribution in [0.5, 0.6) is 0 Å². The number of amides is 2. The fourth-order valence-corrected chi connectivity index (χ4v) is 4.06. The van der Waals surface area contributed by atoms with Gasteiger partial charge >= 0.3 is 6.09 Å². The fourth-order valence-electron chi connectivity index (χ4n) is 4.06. The van der Waals surface area contributed by atoms with Crippen molar-refractivity contribution in [2.24, 2.45) is 0 Å². The smallest absolute Gasteiger partial charge is 0.407 e. The minimum Gasteiger partial charge on any atom is -0.465 e. The van der Waals surface area contributed by atoms with E-state index in [1.54, 1.807) is 0 Å². The van der Waals surface area contributed by atoms with Crippen molar-refractivity contribution in [3.63, 3.8) is 0 Å². The van der Waals surface area contributed by atoms with E-state index in [0.717, 1.165) is 36.2 Å². The Kier molecular flexibility index (Phi) is 4.15. The zero-order valence-corrected chi connectivity index (χ0v) is 14.9. The SMILES string of the molecule is Cc1ccc2c(c1)CCCN2C(=O)c1cccc2c1CCN(C(=O)O)C2. The van der Waals surface area contributed by atoms with Crippen LogP contribution in [0, 0.1) is 6.92 Å². The molecule has 5 nitrogen and oxygen atoms in total. The molecule has 134 valence electrons. The Balaban J connectivity index is 1.69. The second-order valence-electron chi connectivity index (χ2n) is 7.09. The van der Waals surface area contributed by atoms with E-state index in [-0.39, 0.29) is 5.91 Å². The highest BCUT2D eigenvalue weighted by Crippen LogP contribution is 2.31. The summed E-state index contributed by atoms with van der Waals surface area (Å²) in [6.45, 7) is 3.58. The molecule has 0 saturated heterocycles. The monoisotopic (exact) mass is 350 g/mol. The van der Waals surface area contributed by atoms with Crippen LogP contribution in [0.3, 0.4) is 0 Å². The normalized spacial score (nSPS) is 16.0. The molecule has 0 spiro atoms. The second-order valence-corrected chi connectivity index (χ2v) is 7.09. The predicted octanol–water partition coefficient (Wildman–Crippen LogP) is 3.62. The molecule has 2 heterocycles. The molecule has 0 aromatic heterocycles. The number of benzene rings is 2. The molecule has 26 heavy (non-hydrogen) atoms. The Morgan fingerprint density at radius 3 is 2.69 bits per heavy atom. The summed E-state index contributed by atoms with van der Waals surface area (Å²) in [5.74, 6) is 0.0235. The van der Waals surface area contributed by atoms with Gasteiger partial charge in [-0.2, -0.15) is 0 Å². The first-order valence-corrected chi connectivity index (χ1v) is 9.04. The molecule has 2 aromatic rings. The maximum Gasteiger partial charge on any atom is 0.407 e. The number of carbonyl (C=O) groups excluding carboxylic acids is 1.